The normalized spacial score (nSPS) is 38.8. The Morgan fingerprint density at radius 1 is 1.25 bits per heavy atom. The van der Waals surface area contributed by atoms with Crippen molar-refractivity contribution in [3.05, 3.63) is 0 Å². The van der Waals surface area contributed by atoms with Crippen molar-refractivity contribution in [1.29, 1.82) is 0 Å². The molecule has 2 saturated heterocycles. The highest BCUT2D eigenvalue weighted by Crippen LogP contribution is 2.26. The van der Waals surface area contributed by atoms with Gasteiger partial charge >= 0.3 is 0 Å². The quantitative estimate of drug-likeness (QED) is 0.487. The molecule has 1 unspecified atom stereocenters. The summed E-state index contributed by atoms with van der Waals surface area (Å²) in [6.45, 7) is 3.36. The lowest BCUT2D eigenvalue weighted by atomic mass is 9.94. The van der Waals surface area contributed by atoms with Crippen LogP contribution in [-0.2, 0) is 4.74 Å². The van der Waals surface area contributed by atoms with E-state index in [-0.39, 0.29) is 5.92 Å². The first kappa shape index (κ1) is 8.44. The molecule has 0 aromatic heterocycles. The molecule has 0 radical (unpaired) electrons. The van der Waals surface area contributed by atoms with Gasteiger partial charge in [0.05, 0.1) is 6.61 Å². The molecule has 1 atom stereocenters. The Hall–Kier alpha value is -0.160. The highest BCUT2D eigenvalue weighted by atomic mass is 16.7. The summed E-state index contributed by atoms with van der Waals surface area (Å²) in [4.78, 5) is 0. The molecule has 2 aliphatic rings. The first-order valence-electron chi connectivity index (χ1n) is 4.63. The van der Waals surface area contributed by atoms with E-state index in [1.165, 1.54) is 0 Å². The van der Waals surface area contributed by atoms with Crippen molar-refractivity contribution in [2.75, 3.05) is 26.2 Å². The van der Waals surface area contributed by atoms with E-state index in [4.69, 9.17) is 4.74 Å². The Bertz CT molecular complexity index is 151. The monoisotopic (exact) mass is 172 g/mol. The van der Waals surface area contributed by atoms with Crippen LogP contribution in [0.25, 0.3) is 0 Å². The third-order valence-electron chi connectivity index (χ3n) is 2.69. The largest absolute Gasteiger partial charge is 0.353 e. The van der Waals surface area contributed by atoms with Crippen LogP contribution >= 0.6 is 0 Å². The summed E-state index contributed by atoms with van der Waals surface area (Å²) in [5.74, 6) is -0.775. The number of aliphatic hydroxyl groups is 1. The van der Waals surface area contributed by atoms with Gasteiger partial charge in [0.25, 0.3) is 0 Å². The first-order valence-corrected chi connectivity index (χ1v) is 4.63. The Kier molecular flexibility index (Phi) is 2.32. The van der Waals surface area contributed by atoms with E-state index in [0.29, 0.717) is 6.61 Å². The molecule has 2 rings (SSSR count). The summed E-state index contributed by atoms with van der Waals surface area (Å²) < 4.78 is 5.30. The molecule has 3 N–H and O–H groups in total. The molecule has 4 nitrogen and oxygen atoms in total. The van der Waals surface area contributed by atoms with Gasteiger partial charge in [-0.3, -0.25) is 5.32 Å². The van der Waals surface area contributed by atoms with Crippen LogP contribution in [0.4, 0.5) is 0 Å². The van der Waals surface area contributed by atoms with Gasteiger partial charge in [-0.25, -0.2) is 0 Å². The predicted octanol–water partition coefficient (Wildman–Crippen LogP) is -0.748. The van der Waals surface area contributed by atoms with Crippen LogP contribution in [0.1, 0.15) is 12.8 Å². The molecular formula is C8H16N2O2. The van der Waals surface area contributed by atoms with Crippen LogP contribution in [0.15, 0.2) is 0 Å². The Morgan fingerprint density at radius 2 is 2.00 bits per heavy atom. The maximum absolute atomic E-state index is 9.95. The van der Waals surface area contributed by atoms with Crippen LogP contribution < -0.4 is 10.6 Å². The number of ether oxygens (including phenoxy) is 1. The summed E-state index contributed by atoms with van der Waals surface area (Å²) in [5.41, 5.74) is 0. The number of hydrogen-bond acceptors (Lipinski definition) is 4. The number of hydrogen-bond donors (Lipinski definition) is 3. The Morgan fingerprint density at radius 3 is 2.58 bits per heavy atom. The molecule has 0 aliphatic carbocycles. The Balaban J connectivity index is 1.96. The first-order chi connectivity index (χ1) is 5.81. The van der Waals surface area contributed by atoms with Gasteiger partial charge in [-0.2, -0.15) is 0 Å². The van der Waals surface area contributed by atoms with Crippen molar-refractivity contribution in [2.24, 2.45) is 5.92 Å². The molecule has 0 aromatic rings. The molecule has 2 heterocycles. The van der Waals surface area contributed by atoms with Crippen LogP contribution in [0.5, 0.6) is 0 Å². The smallest absolute Gasteiger partial charge is 0.228 e. The molecular weight excluding hydrogens is 156 g/mol. The van der Waals surface area contributed by atoms with E-state index in [2.05, 4.69) is 10.6 Å². The number of rotatable bonds is 1. The maximum atomic E-state index is 9.95. The minimum Gasteiger partial charge on any atom is -0.353 e. The van der Waals surface area contributed by atoms with E-state index in [1.807, 2.05) is 0 Å². The zero-order valence-corrected chi connectivity index (χ0v) is 7.18. The van der Waals surface area contributed by atoms with E-state index in [0.717, 1.165) is 32.5 Å². The van der Waals surface area contributed by atoms with Crippen LogP contribution in [-0.4, -0.2) is 37.3 Å². The van der Waals surface area contributed by atoms with Gasteiger partial charge in [0, 0.05) is 12.5 Å². The van der Waals surface area contributed by atoms with E-state index in [9.17, 15) is 5.11 Å². The van der Waals surface area contributed by atoms with E-state index in [1.54, 1.807) is 0 Å². The molecule has 0 amide bonds. The van der Waals surface area contributed by atoms with Crippen LogP contribution in [0, 0.1) is 5.92 Å². The standard InChI is InChI=1S/C8H16N2O2/c11-8(10-5-6-12-8)7-1-3-9-4-2-7/h7,9-11H,1-6H2. The molecule has 0 spiro atoms. The molecule has 0 aromatic carbocycles. The SMILES string of the molecule is OC1(C2CCNCC2)NCCO1. The zero-order valence-electron chi connectivity index (χ0n) is 7.18. The lowest BCUT2D eigenvalue weighted by Gasteiger charge is -2.34. The van der Waals surface area contributed by atoms with E-state index >= 15 is 0 Å². The van der Waals surface area contributed by atoms with Crippen molar-refractivity contribution in [1.82, 2.24) is 10.6 Å². The van der Waals surface area contributed by atoms with Crippen molar-refractivity contribution < 1.29 is 9.84 Å². The second-order valence-electron chi connectivity index (χ2n) is 3.50. The lowest BCUT2D eigenvalue weighted by Crippen LogP contribution is -2.51. The molecule has 2 fully saturated rings. The van der Waals surface area contributed by atoms with Gasteiger partial charge in [0.2, 0.25) is 5.91 Å². The summed E-state index contributed by atoms with van der Waals surface area (Å²) in [6, 6.07) is 0. The minimum absolute atomic E-state index is 0.251. The molecule has 70 valence electrons. The van der Waals surface area contributed by atoms with Gasteiger partial charge < -0.3 is 15.2 Å². The fraction of sp³-hybridized carbons (Fsp3) is 1.00. The molecule has 2 aliphatic heterocycles. The fourth-order valence-corrected chi connectivity index (χ4v) is 1.96. The summed E-state index contributed by atoms with van der Waals surface area (Å²) in [7, 11) is 0. The third-order valence-corrected chi connectivity index (χ3v) is 2.69. The second kappa shape index (κ2) is 3.30. The molecule has 0 saturated carbocycles. The highest BCUT2D eigenvalue weighted by Gasteiger charge is 2.40. The average molecular weight is 172 g/mol. The summed E-state index contributed by atoms with van der Waals surface area (Å²) in [5, 5.41) is 16.2. The van der Waals surface area contributed by atoms with Gasteiger partial charge in [0.1, 0.15) is 0 Å². The van der Waals surface area contributed by atoms with Gasteiger partial charge in [-0.05, 0) is 25.9 Å². The van der Waals surface area contributed by atoms with Gasteiger partial charge in [0.15, 0.2) is 0 Å². The molecule has 4 heteroatoms. The van der Waals surface area contributed by atoms with Crippen molar-refractivity contribution in [3.8, 4) is 0 Å². The topological polar surface area (TPSA) is 53.5 Å². The summed E-state index contributed by atoms with van der Waals surface area (Å²) >= 11 is 0. The zero-order chi connectivity index (χ0) is 8.44. The lowest BCUT2D eigenvalue weighted by molar-refractivity contribution is -0.226. The van der Waals surface area contributed by atoms with Crippen molar-refractivity contribution in [2.45, 2.75) is 18.8 Å². The fourth-order valence-electron chi connectivity index (χ4n) is 1.96. The predicted molar refractivity (Wildman–Crippen MR) is 44.5 cm³/mol. The number of piperidine rings is 1. The molecule has 0 bridgehead atoms. The van der Waals surface area contributed by atoms with Gasteiger partial charge in [-0.15, -0.1) is 0 Å². The second-order valence-corrected chi connectivity index (χ2v) is 3.50. The third kappa shape index (κ3) is 1.47. The maximum Gasteiger partial charge on any atom is 0.228 e. The Labute approximate surface area is 72.3 Å². The van der Waals surface area contributed by atoms with E-state index < -0.39 is 5.91 Å². The van der Waals surface area contributed by atoms with Crippen LogP contribution in [0.2, 0.25) is 0 Å². The minimum atomic E-state index is -1.03. The number of nitrogens with one attached hydrogen (secondary N) is 2. The van der Waals surface area contributed by atoms with Crippen LogP contribution in [0.3, 0.4) is 0 Å². The van der Waals surface area contributed by atoms with Crippen molar-refractivity contribution in [3.63, 3.8) is 0 Å². The van der Waals surface area contributed by atoms with Gasteiger partial charge in [-0.1, -0.05) is 0 Å². The highest BCUT2D eigenvalue weighted by molar-refractivity contribution is 4.83. The molecule has 12 heavy (non-hydrogen) atoms. The van der Waals surface area contributed by atoms with Crippen molar-refractivity contribution >= 4 is 0 Å². The average Bonchev–Trinajstić information content (AvgIpc) is 2.55. The summed E-state index contributed by atoms with van der Waals surface area (Å²) in [6.07, 6.45) is 1.98.